The minimum atomic E-state index is -2.92. The van der Waals surface area contributed by atoms with E-state index in [9.17, 15) is 0 Å². The van der Waals surface area contributed by atoms with Gasteiger partial charge in [-0.1, -0.05) is 0 Å². The smallest absolute Gasteiger partial charge is 1.00 e. The van der Waals surface area contributed by atoms with Crippen molar-refractivity contribution in [3.8, 4) is 0 Å². The van der Waals surface area contributed by atoms with Gasteiger partial charge >= 0.3 is 69.2 Å². The van der Waals surface area contributed by atoms with Gasteiger partial charge in [-0.3, -0.25) is 7.32 Å². The van der Waals surface area contributed by atoms with Crippen molar-refractivity contribution in [2.24, 2.45) is 0 Å². The Hall–Kier alpha value is 3.11. The first-order chi connectivity index (χ1) is 1.73. The summed E-state index contributed by atoms with van der Waals surface area (Å²) in [5.41, 5.74) is 0. The molecule has 0 aliphatic carbocycles. The van der Waals surface area contributed by atoms with E-state index >= 15 is 0 Å². The summed E-state index contributed by atoms with van der Waals surface area (Å²) in [6, 6.07) is 0. The zero-order valence-corrected chi connectivity index (χ0v) is 11.6. The average molecular weight is 238 g/mol. The van der Waals surface area contributed by atoms with E-state index in [0.29, 0.717) is 0 Å². The second-order valence-electron chi connectivity index (χ2n) is 0.289. The van der Waals surface area contributed by atoms with Crippen LogP contribution in [-0.4, -0.2) is 76.5 Å². The second kappa shape index (κ2) is 40.0. The van der Waals surface area contributed by atoms with Gasteiger partial charge in [0.05, 0.1) is 0 Å². The molecule has 10 heavy (non-hydrogen) atoms. The maximum Gasteiger partial charge on any atom is 2.00 e. The minimum absolute atomic E-state index is 0. The van der Waals surface area contributed by atoms with Crippen LogP contribution in [0.4, 0.5) is 0 Å². The summed E-state index contributed by atoms with van der Waals surface area (Å²) in [6.45, 7) is 0. The van der Waals surface area contributed by atoms with E-state index in [1.807, 2.05) is 0 Å². The van der Waals surface area contributed by atoms with Gasteiger partial charge in [-0.05, 0) is 0 Å². The van der Waals surface area contributed by atoms with Gasteiger partial charge in [0, 0.05) is 0 Å². The monoisotopic (exact) mass is 236 g/mol. The molecule has 0 unspecified atom stereocenters. The van der Waals surface area contributed by atoms with Crippen molar-refractivity contribution >= 4 is 76.5 Å². The van der Waals surface area contributed by atoms with Crippen molar-refractivity contribution in [1.82, 2.24) is 0 Å². The first-order valence-electron chi connectivity index (χ1n) is 0.707. The number of hydrogen-bond donors (Lipinski definition) is 0. The van der Waals surface area contributed by atoms with Crippen LogP contribution < -0.4 is 52.3 Å². The number of halogens is 3. The SMILES string of the molecule is [Cl-].[Cl-].[Cl-].[Mg+2].[Mg+2].[Mg+2].[O-]B([O-])[O-]. The number of rotatable bonds is 0. The van der Waals surface area contributed by atoms with E-state index in [2.05, 4.69) is 0 Å². The van der Waals surface area contributed by atoms with Crippen molar-refractivity contribution in [2.45, 2.75) is 0 Å². The third-order valence-corrected chi connectivity index (χ3v) is 0. The molecular formula is BCl3Mg3O3. The maximum absolute atomic E-state index is 8.42. The molecule has 0 aliphatic heterocycles. The van der Waals surface area contributed by atoms with E-state index in [4.69, 9.17) is 15.1 Å². The van der Waals surface area contributed by atoms with Gasteiger partial charge in [0.25, 0.3) is 0 Å². The predicted molar refractivity (Wildman–Crippen MR) is 23.0 cm³/mol. The minimum Gasteiger partial charge on any atom is -1.00 e. The van der Waals surface area contributed by atoms with E-state index in [1.165, 1.54) is 0 Å². The van der Waals surface area contributed by atoms with Crippen LogP contribution >= 0.6 is 0 Å². The Bertz CT molecular complexity index is 23.7. The Morgan fingerprint density at radius 2 is 0.600 bits per heavy atom. The van der Waals surface area contributed by atoms with E-state index in [-0.39, 0.29) is 106 Å². The Morgan fingerprint density at radius 3 is 0.600 bits per heavy atom. The molecule has 0 aromatic carbocycles. The molecule has 0 spiro atoms. The zero-order valence-electron chi connectivity index (χ0n) is 5.06. The second-order valence-corrected chi connectivity index (χ2v) is 0.289. The third kappa shape index (κ3) is 117. The van der Waals surface area contributed by atoms with Crippen LogP contribution in [0.3, 0.4) is 0 Å². The van der Waals surface area contributed by atoms with Gasteiger partial charge in [-0.15, -0.1) is 0 Å². The standard InChI is InChI=1S/BO3.3ClH.3Mg/c2-1(3)4;;;;;;/h;3*1H;;;/q-3;;;;3*+2/p-3. The quantitative estimate of drug-likeness (QED) is 0.393. The van der Waals surface area contributed by atoms with Crippen molar-refractivity contribution < 1.29 is 52.3 Å². The topological polar surface area (TPSA) is 69.2 Å². The van der Waals surface area contributed by atoms with Gasteiger partial charge in [0.2, 0.25) is 0 Å². The summed E-state index contributed by atoms with van der Waals surface area (Å²) in [5, 5.41) is 25.2. The average Bonchev–Trinajstić information content (AvgIpc) is 0.811. The molecule has 3 nitrogen and oxygen atoms in total. The fraction of sp³-hybridized carbons (Fsp3) is 0. The van der Waals surface area contributed by atoms with Crippen molar-refractivity contribution in [3.63, 3.8) is 0 Å². The largest absolute Gasteiger partial charge is 2.00 e. The first-order valence-corrected chi connectivity index (χ1v) is 0.707. The third-order valence-electron chi connectivity index (χ3n) is 0. The summed E-state index contributed by atoms with van der Waals surface area (Å²) >= 11 is 0. The predicted octanol–water partition coefficient (Wildman–Crippen LogP) is -14.1. The summed E-state index contributed by atoms with van der Waals surface area (Å²) in [4.78, 5) is 0. The molecule has 0 saturated carbocycles. The Labute approximate surface area is 127 Å². The van der Waals surface area contributed by atoms with Gasteiger partial charge in [-0.2, -0.15) is 0 Å². The molecule has 0 radical (unpaired) electrons. The van der Waals surface area contributed by atoms with E-state index < -0.39 is 7.32 Å². The molecule has 10 heteroatoms. The molecule has 48 valence electrons. The molecule has 0 atom stereocenters. The van der Waals surface area contributed by atoms with Crippen LogP contribution in [0.2, 0.25) is 0 Å². The molecular weight excluding hydrogens is 238 g/mol. The Balaban J connectivity index is -0.00000000300. The number of hydrogen-bond acceptors (Lipinski definition) is 3. The van der Waals surface area contributed by atoms with Gasteiger partial charge in [0.15, 0.2) is 0 Å². The molecule has 0 amide bonds. The fourth-order valence-corrected chi connectivity index (χ4v) is 0. The summed E-state index contributed by atoms with van der Waals surface area (Å²) in [6.07, 6.45) is 0. The van der Waals surface area contributed by atoms with Crippen LogP contribution in [-0.2, 0) is 0 Å². The molecule has 0 aliphatic rings. The summed E-state index contributed by atoms with van der Waals surface area (Å²) in [7, 11) is -2.92. The molecule has 0 heterocycles. The van der Waals surface area contributed by atoms with Crippen LogP contribution in [0.25, 0.3) is 0 Å². The fourth-order valence-electron chi connectivity index (χ4n) is 0. The van der Waals surface area contributed by atoms with Crippen molar-refractivity contribution in [1.29, 1.82) is 0 Å². The molecule has 0 aromatic heterocycles. The normalized spacial score (nSPS) is 2.70. The van der Waals surface area contributed by atoms with E-state index in [1.54, 1.807) is 0 Å². The van der Waals surface area contributed by atoms with Gasteiger partial charge in [0.1, 0.15) is 0 Å². The van der Waals surface area contributed by atoms with Crippen molar-refractivity contribution in [2.75, 3.05) is 0 Å². The molecule has 0 rings (SSSR count). The zero-order chi connectivity index (χ0) is 3.58. The molecule has 0 aromatic rings. The summed E-state index contributed by atoms with van der Waals surface area (Å²) < 4.78 is 0. The van der Waals surface area contributed by atoms with Gasteiger partial charge < -0.3 is 52.3 Å². The molecule has 0 fully saturated rings. The molecule has 0 saturated heterocycles. The van der Waals surface area contributed by atoms with Crippen LogP contribution in [0.5, 0.6) is 0 Å². The maximum atomic E-state index is 8.42. The molecule has 0 bridgehead atoms. The van der Waals surface area contributed by atoms with Crippen LogP contribution in [0.1, 0.15) is 0 Å². The van der Waals surface area contributed by atoms with E-state index in [0.717, 1.165) is 0 Å². The molecule has 0 N–H and O–H groups in total. The van der Waals surface area contributed by atoms with Crippen LogP contribution in [0, 0.1) is 0 Å². The first kappa shape index (κ1) is 51.5. The van der Waals surface area contributed by atoms with Crippen molar-refractivity contribution in [3.05, 3.63) is 0 Å². The summed E-state index contributed by atoms with van der Waals surface area (Å²) in [5.74, 6) is 0. The van der Waals surface area contributed by atoms with Crippen LogP contribution in [0.15, 0.2) is 0 Å². The Kier molecular flexibility index (Phi) is 206. The Morgan fingerprint density at radius 1 is 0.600 bits per heavy atom. The van der Waals surface area contributed by atoms with Gasteiger partial charge in [-0.25, -0.2) is 0 Å².